The third-order valence-corrected chi connectivity index (χ3v) is 4.95. The van der Waals surface area contributed by atoms with Gasteiger partial charge in [-0.05, 0) is 30.9 Å². The number of cyclic esters (lactones) is 1. The van der Waals surface area contributed by atoms with Gasteiger partial charge in [0, 0.05) is 5.56 Å². The molecule has 2 aromatic rings. The normalized spacial score (nSPS) is 18.1. The quantitative estimate of drug-likeness (QED) is 0.481. The molecule has 0 aliphatic carbocycles. The fourth-order valence-electron chi connectivity index (χ4n) is 3.29. The van der Waals surface area contributed by atoms with E-state index in [2.05, 4.69) is 15.3 Å². The molecule has 0 unspecified atom stereocenters. The number of anilines is 2. The highest BCUT2D eigenvalue weighted by Gasteiger charge is 2.40. The zero-order valence-corrected chi connectivity index (χ0v) is 15.2. The van der Waals surface area contributed by atoms with Crippen LogP contribution in [0, 0.1) is 0 Å². The SMILES string of the molecule is CCOc1ccc([C@H]2C3=C(COC3=O)Nc3nc(SC)nc(N)c32)cc1. The lowest BCUT2D eigenvalue weighted by Crippen LogP contribution is -2.23. The summed E-state index contributed by atoms with van der Waals surface area (Å²) in [5.74, 6) is 1.04. The maximum absolute atomic E-state index is 12.4. The second-order valence-electron chi connectivity index (χ2n) is 5.89. The van der Waals surface area contributed by atoms with Gasteiger partial charge < -0.3 is 20.5 Å². The molecule has 134 valence electrons. The number of esters is 1. The number of carbonyl (C=O) groups is 1. The lowest BCUT2D eigenvalue weighted by Gasteiger charge is -2.27. The smallest absolute Gasteiger partial charge is 0.337 e. The number of aromatic nitrogens is 2. The van der Waals surface area contributed by atoms with Crippen molar-refractivity contribution in [2.75, 3.05) is 30.5 Å². The molecule has 1 aromatic heterocycles. The van der Waals surface area contributed by atoms with Crippen LogP contribution in [-0.2, 0) is 9.53 Å². The van der Waals surface area contributed by atoms with Crippen molar-refractivity contribution < 1.29 is 14.3 Å². The molecular formula is C18H18N4O3S. The van der Waals surface area contributed by atoms with E-state index < -0.39 is 0 Å². The largest absolute Gasteiger partial charge is 0.494 e. The van der Waals surface area contributed by atoms with E-state index >= 15 is 0 Å². The molecule has 2 aliphatic heterocycles. The topological polar surface area (TPSA) is 99.4 Å². The summed E-state index contributed by atoms with van der Waals surface area (Å²) in [7, 11) is 0. The standard InChI is InChI=1S/C18H18N4O3S/c1-3-24-10-6-4-9(5-7-10)12-13-11(8-25-17(13)23)20-16-14(12)15(19)21-18(22-16)26-2/h4-7,12H,3,8H2,1-2H3,(H3,19,20,21,22)/t12-/m0/s1. The van der Waals surface area contributed by atoms with Gasteiger partial charge in [-0.25, -0.2) is 14.8 Å². The molecule has 0 radical (unpaired) electrons. The Kier molecular flexibility index (Phi) is 4.20. The maximum Gasteiger partial charge on any atom is 0.337 e. The second kappa shape index (κ2) is 6.53. The van der Waals surface area contributed by atoms with Crippen LogP contribution in [0.2, 0.25) is 0 Å². The van der Waals surface area contributed by atoms with Gasteiger partial charge in [-0.2, -0.15) is 0 Å². The van der Waals surface area contributed by atoms with E-state index in [0.29, 0.717) is 34.5 Å². The molecule has 3 heterocycles. The van der Waals surface area contributed by atoms with Gasteiger partial charge in [0.2, 0.25) is 0 Å². The van der Waals surface area contributed by atoms with Crippen LogP contribution < -0.4 is 15.8 Å². The molecule has 0 fully saturated rings. The minimum absolute atomic E-state index is 0.208. The number of rotatable bonds is 4. The average Bonchev–Trinajstić information content (AvgIpc) is 3.01. The summed E-state index contributed by atoms with van der Waals surface area (Å²) in [6, 6.07) is 7.63. The van der Waals surface area contributed by atoms with Crippen molar-refractivity contribution in [2.45, 2.75) is 18.0 Å². The summed E-state index contributed by atoms with van der Waals surface area (Å²) in [6.45, 7) is 2.74. The molecule has 0 bridgehead atoms. The lowest BCUT2D eigenvalue weighted by molar-refractivity contribution is -0.136. The maximum atomic E-state index is 12.4. The van der Waals surface area contributed by atoms with Crippen LogP contribution >= 0.6 is 11.8 Å². The minimum Gasteiger partial charge on any atom is -0.494 e. The first-order valence-electron chi connectivity index (χ1n) is 8.23. The molecule has 0 saturated heterocycles. The molecular weight excluding hydrogens is 352 g/mol. The fourth-order valence-corrected chi connectivity index (χ4v) is 3.66. The number of hydrogen-bond acceptors (Lipinski definition) is 8. The van der Waals surface area contributed by atoms with Gasteiger partial charge in [0.15, 0.2) is 5.16 Å². The zero-order valence-electron chi connectivity index (χ0n) is 14.4. The summed E-state index contributed by atoms with van der Waals surface area (Å²) in [4.78, 5) is 21.3. The molecule has 2 aliphatic rings. The third kappa shape index (κ3) is 2.66. The summed E-state index contributed by atoms with van der Waals surface area (Å²) in [5, 5.41) is 3.78. The Bertz CT molecular complexity index is 911. The van der Waals surface area contributed by atoms with Gasteiger partial charge in [-0.3, -0.25) is 0 Å². The predicted octanol–water partition coefficient (Wildman–Crippen LogP) is 2.55. The highest BCUT2D eigenvalue weighted by atomic mass is 32.2. The molecule has 3 N–H and O–H groups in total. The summed E-state index contributed by atoms with van der Waals surface area (Å²) >= 11 is 1.41. The number of carbonyl (C=O) groups excluding carboxylic acids is 1. The monoisotopic (exact) mass is 370 g/mol. The number of ether oxygens (including phenoxy) is 2. The Morgan fingerprint density at radius 2 is 2.12 bits per heavy atom. The molecule has 0 saturated carbocycles. The number of hydrogen-bond donors (Lipinski definition) is 2. The van der Waals surface area contributed by atoms with E-state index in [0.717, 1.165) is 17.0 Å². The Morgan fingerprint density at radius 1 is 1.35 bits per heavy atom. The number of fused-ring (bicyclic) bond motifs is 1. The van der Waals surface area contributed by atoms with Crippen LogP contribution in [0.1, 0.15) is 24.0 Å². The summed E-state index contributed by atoms with van der Waals surface area (Å²) in [6.07, 6.45) is 1.89. The van der Waals surface area contributed by atoms with Crippen LogP contribution in [-0.4, -0.2) is 35.4 Å². The van der Waals surface area contributed by atoms with Crippen molar-refractivity contribution in [1.29, 1.82) is 0 Å². The number of nitrogens with zero attached hydrogens (tertiary/aromatic N) is 2. The van der Waals surface area contributed by atoms with Crippen LogP contribution in [0.25, 0.3) is 0 Å². The van der Waals surface area contributed by atoms with Crippen molar-refractivity contribution in [3.63, 3.8) is 0 Å². The van der Waals surface area contributed by atoms with Crippen LogP contribution in [0.3, 0.4) is 0 Å². The van der Waals surface area contributed by atoms with E-state index in [1.54, 1.807) is 0 Å². The van der Waals surface area contributed by atoms with E-state index in [9.17, 15) is 4.79 Å². The Labute approximate surface area is 155 Å². The first kappa shape index (κ1) is 16.7. The molecule has 7 nitrogen and oxygen atoms in total. The fraction of sp³-hybridized carbons (Fsp3) is 0.278. The predicted molar refractivity (Wildman–Crippen MR) is 99.3 cm³/mol. The highest BCUT2D eigenvalue weighted by Crippen LogP contribution is 2.46. The van der Waals surface area contributed by atoms with Crippen molar-refractivity contribution in [3.05, 3.63) is 46.7 Å². The zero-order chi connectivity index (χ0) is 18.3. The van der Waals surface area contributed by atoms with Gasteiger partial charge in [0.25, 0.3) is 0 Å². The lowest BCUT2D eigenvalue weighted by atomic mass is 9.82. The van der Waals surface area contributed by atoms with Gasteiger partial charge >= 0.3 is 5.97 Å². The van der Waals surface area contributed by atoms with Crippen LogP contribution in [0.15, 0.2) is 40.7 Å². The van der Waals surface area contributed by atoms with Gasteiger partial charge in [0.1, 0.15) is 24.0 Å². The van der Waals surface area contributed by atoms with E-state index in [1.807, 2.05) is 37.4 Å². The van der Waals surface area contributed by atoms with Crippen molar-refractivity contribution in [3.8, 4) is 5.75 Å². The van der Waals surface area contributed by atoms with Crippen molar-refractivity contribution >= 4 is 29.4 Å². The number of nitrogens with two attached hydrogens (primary N) is 1. The summed E-state index contributed by atoms with van der Waals surface area (Å²) < 4.78 is 10.8. The Morgan fingerprint density at radius 3 is 2.81 bits per heavy atom. The second-order valence-corrected chi connectivity index (χ2v) is 6.66. The van der Waals surface area contributed by atoms with Crippen molar-refractivity contribution in [2.24, 2.45) is 0 Å². The van der Waals surface area contributed by atoms with E-state index in [1.165, 1.54) is 11.8 Å². The molecule has 0 amide bonds. The minimum atomic E-state index is -0.372. The molecule has 26 heavy (non-hydrogen) atoms. The average molecular weight is 370 g/mol. The number of benzene rings is 1. The molecule has 1 aromatic carbocycles. The number of nitrogen functional groups attached to an aromatic ring is 1. The Hall–Kier alpha value is -2.74. The first-order valence-corrected chi connectivity index (χ1v) is 9.46. The van der Waals surface area contributed by atoms with E-state index in [-0.39, 0.29) is 18.5 Å². The molecule has 1 atom stereocenters. The summed E-state index contributed by atoms with van der Waals surface area (Å²) in [5.41, 5.74) is 9.15. The van der Waals surface area contributed by atoms with Gasteiger partial charge in [-0.15, -0.1) is 0 Å². The van der Waals surface area contributed by atoms with Crippen LogP contribution in [0.5, 0.6) is 5.75 Å². The molecule has 0 spiro atoms. The van der Waals surface area contributed by atoms with Crippen molar-refractivity contribution in [1.82, 2.24) is 9.97 Å². The Balaban J connectivity index is 1.87. The first-order chi connectivity index (χ1) is 12.6. The third-order valence-electron chi connectivity index (χ3n) is 4.40. The van der Waals surface area contributed by atoms with Gasteiger partial charge in [0.05, 0.1) is 23.8 Å². The van der Waals surface area contributed by atoms with E-state index in [4.69, 9.17) is 15.2 Å². The highest BCUT2D eigenvalue weighted by molar-refractivity contribution is 7.98. The van der Waals surface area contributed by atoms with Crippen LogP contribution in [0.4, 0.5) is 11.6 Å². The van der Waals surface area contributed by atoms with Gasteiger partial charge in [-0.1, -0.05) is 23.9 Å². The number of nitrogens with one attached hydrogen (secondary N) is 1. The molecule has 4 rings (SSSR count). The number of thioether (sulfide) groups is 1. The molecule has 8 heteroatoms.